The van der Waals surface area contributed by atoms with Gasteiger partial charge in [0.1, 0.15) is 36.6 Å². The third-order valence-corrected chi connectivity index (χ3v) is 9.86. The molecule has 1 saturated carbocycles. The van der Waals surface area contributed by atoms with Crippen molar-refractivity contribution >= 4 is 17.9 Å². The summed E-state index contributed by atoms with van der Waals surface area (Å²) in [6.45, 7) is 3.69. The highest BCUT2D eigenvalue weighted by Crippen LogP contribution is 2.39. The summed E-state index contributed by atoms with van der Waals surface area (Å²) < 4.78 is 42.3. The minimum absolute atomic E-state index is 0.0476. The van der Waals surface area contributed by atoms with Gasteiger partial charge in [-0.05, 0) is 59.7 Å². The second-order valence-corrected chi connectivity index (χ2v) is 13.8. The summed E-state index contributed by atoms with van der Waals surface area (Å²) in [5, 5.41) is 46.9. The number of esters is 3. The molecule has 0 radical (unpaired) electrons. The van der Waals surface area contributed by atoms with Crippen molar-refractivity contribution in [2.75, 3.05) is 0 Å². The number of aliphatic hydroxyl groups excluding tert-OH is 3. The normalized spacial score (nSPS) is 33.2. The summed E-state index contributed by atoms with van der Waals surface area (Å²) in [7, 11) is 0. The van der Waals surface area contributed by atoms with Gasteiger partial charge in [0.25, 0.3) is 0 Å². The van der Waals surface area contributed by atoms with Crippen LogP contribution < -0.4 is 0 Å². The second-order valence-electron chi connectivity index (χ2n) is 13.8. The molecule has 0 bridgehead atoms. The summed E-state index contributed by atoms with van der Waals surface area (Å²) >= 11 is 0. The quantitative estimate of drug-likeness (QED) is 0.0756. The fourth-order valence-electron chi connectivity index (χ4n) is 7.12. The second kappa shape index (κ2) is 20.7. The molecule has 2 aliphatic heterocycles. The van der Waals surface area contributed by atoms with Crippen LogP contribution in [0.2, 0.25) is 0 Å². The van der Waals surface area contributed by atoms with E-state index in [0.717, 1.165) is 6.92 Å². The fourth-order valence-corrected chi connectivity index (χ4v) is 7.12. The molecule has 0 aromatic heterocycles. The number of aliphatic hydroxyl groups is 3. The van der Waals surface area contributed by atoms with Crippen LogP contribution in [0.1, 0.15) is 47.9 Å². The molecular weight excluding hydrogens is 796 g/mol. The molecule has 2 saturated heterocycles. The molecule has 3 fully saturated rings. The molecule has 2 aromatic rings. The third-order valence-electron chi connectivity index (χ3n) is 9.86. The molecule has 318 valence electrons. The Morgan fingerprint density at radius 3 is 1.70 bits per heavy atom. The minimum atomic E-state index is -1.89. The lowest BCUT2D eigenvalue weighted by Crippen LogP contribution is -2.64. The van der Waals surface area contributed by atoms with Gasteiger partial charge in [0, 0.05) is 26.6 Å². The van der Waals surface area contributed by atoms with Crippen LogP contribution in [0.3, 0.4) is 0 Å². The zero-order valence-corrected chi connectivity index (χ0v) is 32.0. The van der Waals surface area contributed by atoms with Crippen molar-refractivity contribution in [3.05, 3.63) is 114 Å². The SMILES string of the molecule is CC(=O)OC1C(O[C@@H]2O[C@H]([C@@H](C)N=[N+]=[N-])C(OC(=O)c3ccccc3)[C@@H]2OC(=O)c2ccccc2)[C@H](O[C@H]2OC([C@@H](C)O)[C@@H](O)[C@H](O)C2N=[N+]=[N-])C(N=[N+]=[N-])C[C@H]1N=[N+]=[N-]. The lowest BCUT2D eigenvalue weighted by molar-refractivity contribution is -0.315. The van der Waals surface area contributed by atoms with Crippen LogP contribution >= 0.6 is 0 Å². The molecule has 3 aliphatic rings. The van der Waals surface area contributed by atoms with Gasteiger partial charge in [0.2, 0.25) is 0 Å². The summed E-state index contributed by atoms with van der Waals surface area (Å²) in [5.41, 5.74) is 38.1. The molecule has 25 nitrogen and oxygen atoms in total. The molecule has 2 heterocycles. The van der Waals surface area contributed by atoms with Gasteiger partial charge in [-0.1, -0.05) is 63.8 Å². The summed E-state index contributed by atoms with van der Waals surface area (Å²) in [4.78, 5) is 51.2. The first kappa shape index (κ1) is 44.9. The molecular formula is C35H40N12O13. The van der Waals surface area contributed by atoms with E-state index in [1.165, 1.54) is 38.1 Å². The zero-order valence-electron chi connectivity index (χ0n) is 32.0. The zero-order chi connectivity index (χ0) is 43.5. The van der Waals surface area contributed by atoms with Crippen molar-refractivity contribution in [1.29, 1.82) is 0 Å². The van der Waals surface area contributed by atoms with Gasteiger partial charge < -0.3 is 48.5 Å². The first-order valence-corrected chi connectivity index (χ1v) is 18.4. The van der Waals surface area contributed by atoms with Gasteiger partial charge in [0.05, 0.1) is 47.6 Å². The van der Waals surface area contributed by atoms with E-state index in [0.29, 0.717) is 0 Å². The van der Waals surface area contributed by atoms with Crippen molar-refractivity contribution in [2.45, 2.75) is 125 Å². The molecule has 16 atom stereocenters. The van der Waals surface area contributed by atoms with Crippen LogP contribution in [0, 0.1) is 0 Å². The van der Waals surface area contributed by atoms with Crippen molar-refractivity contribution in [1.82, 2.24) is 0 Å². The van der Waals surface area contributed by atoms with Crippen LogP contribution in [0.15, 0.2) is 81.1 Å². The standard InChI is InChI=1S/C35H40N12O13/c1-15(40-44-36)25-29(55-32(52)18-10-6-4-7-11-18)31(56-33(53)19-12-8-5-9-13-19)35(57-25)60-30-27(54-17(3)49)20(41-45-37)14-21(42-46-38)28(30)59-34-22(43-47-39)23(50)24(51)26(58-34)16(2)48/h4-13,15-16,20-31,34-35,48,50-51H,14H2,1-3H3/t15-,16-,20-,21?,22?,23-,24+,25-,26?,27?,28-,29?,30?,31+,34-,35+/m1/s1. The Bertz CT molecular complexity index is 2030. The van der Waals surface area contributed by atoms with Crippen LogP contribution in [0.5, 0.6) is 0 Å². The Balaban J connectivity index is 1.65. The Hall–Kier alpha value is -6.19. The van der Waals surface area contributed by atoms with Gasteiger partial charge >= 0.3 is 17.9 Å². The number of hydrogen-bond donors (Lipinski definition) is 3. The highest BCUT2D eigenvalue weighted by atomic mass is 16.8. The van der Waals surface area contributed by atoms with E-state index in [1.807, 2.05) is 0 Å². The molecule has 3 N–H and O–H groups in total. The summed E-state index contributed by atoms with van der Waals surface area (Å²) in [5.74, 6) is -2.78. The number of carbonyl (C=O) groups excluding carboxylic acids is 3. The van der Waals surface area contributed by atoms with Crippen LogP contribution in [-0.4, -0.2) is 131 Å². The number of azide groups is 4. The number of hydrogen-bond acceptors (Lipinski definition) is 17. The molecule has 5 rings (SSSR count). The highest BCUT2D eigenvalue weighted by molar-refractivity contribution is 5.90. The Morgan fingerprint density at radius 1 is 0.667 bits per heavy atom. The Kier molecular flexibility index (Phi) is 15.5. The largest absolute Gasteiger partial charge is 0.459 e. The molecule has 0 amide bonds. The van der Waals surface area contributed by atoms with Crippen molar-refractivity contribution < 1.29 is 62.9 Å². The van der Waals surface area contributed by atoms with Crippen molar-refractivity contribution in [3.63, 3.8) is 0 Å². The number of rotatable bonds is 15. The smallest absolute Gasteiger partial charge is 0.338 e. The number of carbonyl (C=O) groups is 3. The molecule has 25 heteroatoms. The van der Waals surface area contributed by atoms with Crippen LogP contribution in [0.4, 0.5) is 0 Å². The predicted molar refractivity (Wildman–Crippen MR) is 200 cm³/mol. The lowest BCUT2D eigenvalue weighted by atomic mass is 9.83. The predicted octanol–water partition coefficient (Wildman–Crippen LogP) is 3.83. The van der Waals surface area contributed by atoms with Crippen molar-refractivity contribution in [2.24, 2.45) is 20.5 Å². The maximum atomic E-state index is 13.7. The van der Waals surface area contributed by atoms with Crippen LogP contribution in [0.25, 0.3) is 41.8 Å². The number of nitrogens with zero attached hydrogens (tertiary/aromatic N) is 12. The first-order valence-electron chi connectivity index (χ1n) is 18.4. The highest BCUT2D eigenvalue weighted by Gasteiger charge is 2.58. The van der Waals surface area contributed by atoms with E-state index in [2.05, 4.69) is 40.1 Å². The monoisotopic (exact) mass is 836 g/mol. The average molecular weight is 837 g/mol. The van der Waals surface area contributed by atoms with Crippen LogP contribution in [-0.2, 0) is 38.0 Å². The Labute approximate surface area is 339 Å². The third kappa shape index (κ3) is 10.3. The summed E-state index contributed by atoms with van der Waals surface area (Å²) in [6, 6.07) is 9.73. The maximum Gasteiger partial charge on any atom is 0.338 e. The van der Waals surface area contributed by atoms with Gasteiger partial charge in [-0.25, -0.2) is 9.59 Å². The van der Waals surface area contributed by atoms with Crippen molar-refractivity contribution in [3.8, 4) is 0 Å². The minimum Gasteiger partial charge on any atom is -0.459 e. The Morgan fingerprint density at radius 2 is 1.18 bits per heavy atom. The van der Waals surface area contributed by atoms with Gasteiger partial charge in [-0.15, -0.1) is 0 Å². The van der Waals surface area contributed by atoms with E-state index >= 15 is 0 Å². The fraction of sp³-hybridized carbons (Fsp3) is 0.571. The van der Waals surface area contributed by atoms with E-state index in [-0.39, 0.29) is 17.5 Å². The first-order chi connectivity index (χ1) is 28.8. The lowest BCUT2D eigenvalue weighted by Gasteiger charge is -2.48. The molecule has 1 aliphatic carbocycles. The number of benzene rings is 2. The summed E-state index contributed by atoms with van der Waals surface area (Å²) in [6.07, 6.45) is -20.5. The van der Waals surface area contributed by atoms with E-state index in [4.69, 9.17) is 33.2 Å². The molecule has 6 unspecified atom stereocenters. The van der Waals surface area contributed by atoms with Gasteiger partial charge in [-0.2, -0.15) is 0 Å². The van der Waals surface area contributed by atoms with Gasteiger partial charge in [0.15, 0.2) is 24.8 Å². The topological polar surface area (TPSA) is 372 Å². The maximum absolute atomic E-state index is 13.7. The van der Waals surface area contributed by atoms with E-state index in [1.54, 1.807) is 36.4 Å². The molecule has 2 aromatic carbocycles. The number of ether oxygens (including phenoxy) is 7. The van der Waals surface area contributed by atoms with Gasteiger partial charge in [-0.3, -0.25) is 4.79 Å². The van der Waals surface area contributed by atoms with E-state index in [9.17, 15) is 51.8 Å². The van der Waals surface area contributed by atoms with E-state index < -0.39 is 116 Å². The average Bonchev–Trinajstić information content (AvgIpc) is 3.55. The molecule has 0 spiro atoms. The molecule has 60 heavy (non-hydrogen) atoms.